The minimum atomic E-state index is -0.599. The van der Waals surface area contributed by atoms with Crippen molar-refractivity contribution in [2.45, 2.75) is 20.4 Å². The van der Waals surface area contributed by atoms with E-state index in [4.69, 9.17) is 0 Å². The van der Waals surface area contributed by atoms with Crippen LogP contribution >= 0.6 is 0 Å². The normalized spacial score (nSPS) is 10.1. The lowest BCUT2D eigenvalue weighted by atomic mass is 10.4. The minimum absolute atomic E-state index is 0.178. The highest BCUT2D eigenvalue weighted by Gasteiger charge is 2.13. The first kappa shape index (κ1) is 13.9. The Labute approximate surface area is 104 Å². The monoisotopic (exact) mass is 253 g/mol. The van der Waals surface area contributed by atoms with E-state index in [1.165, 1.54) is 0 Å². The maximum atomic E-state index is 11.8. The van der Waals surface area contributed by atoms with Crippen LogP contribution in [0.2, 0.25) is 0 Å². The van der Waals surface area contributed by atoms with Gasteiger partial charge in [0, 0.05) is 25.2 Å². The molecule has 0 fully saturated rings. The second-order valence-corrected chi connectivity index (χ2v) is 3.68. The van der Waals surface area contributed by atoms with Gasteiger partial charge in [-0.1, -0.05) is 0 Å². The fourth-order valence-corrected chi connectivity index (χ4v) is 1.57. The van der Waals surface area contributed by atoms with Crippen LogP contribution in [0.15, 0.2) is 23.1 Å². The Kier molecular flexibility index (Phi) is 4.59. The third-order valence-corrected chi connectivity index (χ3v) is 2.60. The summed E-state index contributed by atoms with van der Waals surface area (Å²) in [5, 5.41) is 10.6. The van der Waals surface area contributed by atoms with E-state index in [1.54, 1.807) is 4.90 Å². The number of carbonyl (C=O) groups excluding carboxylic acids is 1. The Morgan fingerprint density at radius 3 is 2.50 bits per heavy atom. The number of hydrogen-bond donors (Lipinski definition) is 0. The van der Waals surface area contributed by atoms with Gasteiger partial charge in [-0.15, -0.1) is 0 Å². The molecular weight excluding hydrogens is 238 g/mol. The average Bonchev–Trinajstić information content (AvgIpc) is 2.33. The zero-order chi connectivity index (χ0) is 13.7. The second-order valence-electron chi connectivity index (χ2n) is 3.68. The highest BCUT2D eigenvalue weighted by Crippen LogP contribution is 2.06. The third kappa shape index (κ3) is 3.16. The minimum Gasteiger partial charge on any atom is -0.342 e. The highest BCUT2D eigenvalue weighted by molar-refractivity contribution is 5.75. The van der Waals surface area contributed by atoms with Gasteiger partial charge in [-0.3, -0.25) is 24.3 Å². The van der Waals surface area contributed by atoms with E-state index in [0.29, 0.717) is 13.1 Å². The topological polar surface area (TPSA) is 85.4 Å². The Morgan fingerprint density at radius 2 is 2.00 bits per heavy atom. The fourth-order valence-electron chi connectivity index (χ4n) is 1.57. The summed E-state index contributed by atoms with van der Waals surface area (Å²) in [4.78, 5) is 34.9. The zero-order valence-corrected chi connectivity index (χ0v) is 10.3. The van der Waals surface area contributed by atoms with Gasteiger partial charge in [0.25, 0.3) is 11.2 Å². The molecule has 1 amide bonds. The van der Waals surface area contributed by atoms with Gasteiger partial charge < -0.3 is 4.90 Å². The van der Waals surface area contributed by atoms with E-state index in [-0.39, 0.29) is 18.1 Å². The predicted molar refractivity (Wildman–Crippen MR) is 65.3 cm³/mol. The second kappa shape index (κ2) is 5.95. The molecule has 0 aliphatic rings. The highest BCUT2D eigenvalue weighted by atomic mass is 16.6. The Balaban J connectivity index is 2.96. The van der Waals surface area contributed by atoms with Gasteiger partial charge in [-0.25, -0.2) is 0 Å². The zero-order valence-electron chi connectivity index (χ0n) is 10.3. The first-order valence-electron chi connectivity index (χ1n) is 5.62. The van der Waals surface area contributed by atoms with Crippen molar-refractivity contribution in [3.63, 3.8) is 0 Å². The standard InChI is InChI=1S/C11H15N3O4/c1-3-12(4-2)11(16)8-13-7-9(14(17)18)5-6-10(13)15/h5-7H,3-4,8H2,1-2H3. The van der Waals surface area contributed by atoms with Crippen LogP contribution in [-0.4, -0.2) is 33.4 Å². The van der Waals surface area contributed by atoms with E-state index in [0.717, 1.165) is 22.9 Å². The molecule has 0 bridgehead atoms. The molecule has 7 heteroatoms. The Bertz CT molecular complexity index is 505. The van der Waals surface area contributed by atoms with Gasteiger partial charge in [-0.2, -0.15) is 0 Å². The predicted octanol–water partition coefficient (Wildman–Crippen LogP) is 0.625. The lowest BCUT2D eigenvalue weighted by molar-refractivity contribution is -0.385. The number of nitro groups is 1. The first-order valence-corrected chi connectivity index (χ1v) is 5.62. The number of likely N-dealkylation sites (N-methyl/N-ethyl adjacent to an activating group) is 1. The number of hydrogen-bond acceptors (Lipinski definition) is 4. The first-order chi connectivity index (χ1) is 8.49. The maximum Gasteiger partial charge on any atom is 0.285 e. The maximum absolute atomic E-state index is 11.8. The van der Waals surface area contributed by atoms with E-state index < -0.39 is 10.5 Å². The molecular formula is C11H15N3O4. The van der Waals surface area contributed by atoms with Gasteiger partial charge in [0.15, 0.2) is 0 Å². The molecule has 0 aromatic carbocycles. The van der Waals surface area contributed by atoms with Crippen molar-refractivity contribution in [3.8, 4) is 0 Å². The van der Waals surface area contributed by atoms with Crippen molar-refractivity contribution in [1.82, 2.24) is 9.47 Å². The van der Waals surface area contributed by atoms with Gasteiger partial charge in [0.05, 0.1) is 11.1 Å². The van der Waals surface area contributed by atoms with Crippen LogP contribution in [0, 0.1) is 10.1 Å². The number of aromatic nitrogens is 1. The number of nitrogens with zero attached hydrogens (tertiary/aromatic N) is 3. The Hall–Kier alpha value is -2.18. The average molecular weight is 253 g/mol. The molecule has 1 heterocycles. The lowest BCUT2D eigenvalue weighted by Gasteiger charge is -2.18. The summed E-state index contributed by atoms with van der Waals surface area (Å²) in [6.07, 6.45) is 1.09. The number of pyridine rings is 1. The quantitative estimate of drug-likeness (QED) is 0.568. The fraction of sp³-hybridized carbons (Fsp3) is 0.455. The molecule has 0 saturated heterocycles. The largest absolute Gasteiger partial charge is 0.342 e. The molecule has 0 saturated carbocycles. The molecule has 0 unspecified atom stereocenters. The molecule has 0 radical (unpaired) electrons. The van der Waals surface area contributed by atoms with Crippen LogP contribution in [-0.2, 0) is 11.3 Å². The van der Waals surface area contributed by atoms with Gasteiger partial charge in [0.1, 0.15) is 6.54 Å². The van der Waals surface area contributed by atoms with Crippen LogP contribution < -0.4 is 5.56 Å². The van der Waals surface area contributed by atoms with Crippen molar-refractivity contribution in [3.05, 3.63) is 38.8 Å². The molecule has 98 valence electrons. The summed E-state index contributed by atoms with van der Waals surface area (Å²) in [5.41, 5.74) is -0.636. The van der Waals surface area contributed by atoms with Crippen LogP contribution in [0.4, 0.5) is 5.69 Å². The summed E-state index contributed by atoms with van der Waals surface area (Å²) >= 11 is 0. The molecule has 1 aromatic heterocycles. The van der Waals surface area contributed by atoms with E-state index in [1.807, 2.05) is 13.8 Å². The molecule has 0 spiro atoms. The summed E-state index contributed by atoms with van der Waals surface area (Å²) in [6, 6.07) is 2.22. The lowest BCUT2D eigenvalue weighted by Crippen LogP contribution is -2.36. The van der Waals surface area contributed by atoms with Gasteiger partial charge >= 0.3 is 0 Å². The SMILES string of the molecule is CCN(CC)C(=O)Cn1cc([N+](=O)[O-])ccc1=O. The van der Waals surface area contributed by atoms with Crippen LogP contribution in [0.5, 0.6) is 0 Å². The van der Waals surface area contributed by atoms with Gasteiger partial charge in [0.2, 0.25) is 5.91 Å². The van der Waals surface area contributed by atoms with E-state index in [2.05, 4.69) is 0 Å². The molecule has 18 heavy (non-hydrogen) atoms. The van der Waals surface area contributed by atoms with Crippen molar-refractivity contribution in [2.75, 3.05) is 13.1 Å². The summed E-state index contributed by atoms with van der Waals surface area (Å²) in [6.45, 7) is 4.56. The number of amides is 1. The van der Waals surface area contributed by atoms with Crippen LogP contribution in [0.3, 0.4) is 0 Å². The molecule has 7 nitrogen and oxygen atoms in total. The molecule has 0 aliphatic carbocycles. The van der Waals surface area contributed by atoms with Crippen molar-refractivity contribution in [1.29, 1.82) is 0 Å². The van der Waals surface area contributed by atoms with Crippen molar-refractivity contribution >= 4 is 11.6 Å². The summed E-state index contributed by atoms with van der Waals surface area (Å²) in [5.74, 6) is -0.234. The molecule has 1 rings (SSSR count). The summed E-state index contributed by atoms with van der Waals surface area (Å²) in [7, 11) is 0. The van der Waals surface area contributed by atoms with Crippen molar-refractivity contribution in [2.24, 2.45) is 0 Å². The van der Waals surface area contributed by atoms with Crippen molar-refractivity contribution < 1.29 is 9.72 Å². The van der Waals surface area contributed by atoms with E-state index in [9.17, 15) is 19.7 Å². The molecule has 1 aromatic rings. The number of rotatable bonds is 5. The smallest absolute Gasteiger partial charge is 0.285 e. The Morgan fingerprint density at radius 1 is 1.39 bits per heavy atom. The number of carbonyl (C=O) groups is 1. The van der Waals surface area contributed by atoms with Gasteiger partial charge in [-0.05, 0) is 13.8 Å². The molecule has 0 aliphatic heterocycles. The van der Waals surface area contributed by atoms with Crippen LogP contribution in [0.1, 0.15) is 13.8 Å². The van der Waals surface area contributed by atoms with Crippen LogP contribution in [0.25, 0.3) is 0 Å². The molecule has 0 atom stereocenters. The molecule has 0 N–H and O–H groups in total. The van der Waals surface area contributed by atoms with E-state index >= 15 is 0 Å². The summed E-state index contributed by atoms with van der Waals surface area (Å²) < 4.78 is 1.05. The third-order valence-electron chi connectivity index (χ3n) is 2.60.